The minimum absolute atomic E-state index is 0.275. The number of rotatable bonds is 4. The van der Waals surface area contributed by atoms with Gasteiger partial charge in [-0.2, -0.15) is 0 Å². The second-order valence-electron chi connectivity index (χ2n) is 5.54. The maximum absolute atomic E-state index is 12.7. The number of amides is 1. The molecule has 2 aromatic rings. The molecule has 1 amide bonds. The van der Waals surface area contributed by atoms with Gasteiger partial charge in [-0.15, -0.1) is 0 Å². The van der Waals surface area contributed by atoms with E-state index >= 15 is 0 Å². The monoisotopic (exact) mass is 342 g/mol. The lowest BCUT2D eigenvalue weighted by molar-refractivity contribution is 0.0964. The molecule has 0 saturated carbocycles. The summed E-state index contributed by atoms with van der Waals surface area (Å²) >= 11 is 0. The third-order valence-corrected chi connectivity index (χ3v) is 5.50. The van der Waals surface area contributed by atoms with Gasteiger partial charge in [0.05, 0.1) is 16.2 Å². The van der Waals surface area contributed by atoms with Crippen LogP contribution in [0.5, 0.6) is 0 Å². The molecule has 24 heavy (non-hydrogen) atoms. The third kappa shape index (κ3) is 3.19. The zero-order chi connectivity index (χ0) is 17.2. The molecular formula is C18H18N2O3S. The van der Waals surface area contributed by atoms with Crippen molar-refractivity contribution in [2.45, 2.75) is 12.8 Å². The van der Waals surface area contributed by atoms with Crippen molar-refractivity contribution in [1.82, 2.24) is 5.32 Å². The van der Waals surface area contributed by atoms with Crippen LogP contribution >= 0.6 is 0 Å². The molecule has 0 aromatic heterocycles. The summed E-state index contributed by atoms with van der Waals surface area (Å²) < 4.78 is 28.0. The number of aryl methyl sites for hydroxylation is 1. The molecule has 1 aliphatic rings. The number of hydrogen-bond acceptors (Lipinski definition) is 3. The van der Waals surface area contributed by atoms with Gasteiger partial charge in [-0.1, -0.05) is 36.4 Å². The Hall–Kier alpha value is -2.60. The standard InChI is InChI=1S/C18H18N2O3S/c1-19-18(21)16-8-4-5-9-17(16)20-24(22,23)15-11-10-13-6-2-3-7-14(13)12-15/h2-9,12,20H,10-11H2,1H3,(H,19,21). The van der Waals surface area contributed by atoms with Crippen LogP contribution in [0.15, 0.2) is 53.4 Å². The van der Waals surface area contributed by atoms with Crippen molar-refractivity contribution in [1.29, 1.82) is 0 Å². The molecule has 0 saturated heterocycles. The molecule has 2 aromatic carbocycles. The Balaban J connectivity index is 1.94. The second-order valence-corrected chi connectivity index (χ2v) is 7.28. The molecule has 0 spiro atoms. The summed E-state index contributed by atoms with van der Waals surface area (Å²) in [6.45, 7) is 0. The van der Waals surface area contributed by atoms with Crippen molar-refractivity contribution in [3.8, 4) is 0 Å². The lowest BCUT2D eigenvalue weighted by Crippen LogP contribution is -2.22. The smallest absolute Gasteiger partial charge is 0.258 e. The Labute approximate surface area is 141 Å². The summed E-state index contributed by atoms with van der Waals surface area (Å²) in [5, 5.41) is 2.51. The van der Waals surface area contributed by atoms with Gasteiger partial charge in [0.25, 0.3) is 15.9 Å². The number of para-hydroxylation sites is 1. The molecular weight excluding hydrogens is 324 g/mol. The minimum atomic E-state index is -3.71. The summed E-state index contributed by atoms with van der Waals surface area (Å²) in [4.78, 5) is 12.2. The first-order valence-corrected chi connectivity index (χ1v) is 9.12. The van der Waals surface area contributed by atoms with E-state index in [1.54, 1.807) is 30.3 Å². The maximum Gasteiger partial charge on any atom is 0.258 e. The second kappa shape index (κ2) is 6.49. The van der Waals surface area contributed by atoms with Gasteiger partial charge in [0, 0.05) is 7.05 Å². The van der Waals surface area contributed by atoms with E-state index in [4.69, 9.17) is 0 Å². The Kier molecular flexibility index (Phi) is 4.40. The summed E-state index contributed by atoms with van der Waals surface area (Å²) in [7, 11) is -2.20. The van der Waals surface area contributed by atoms with Crippen molar-refractivity contribution in [3.05, 3.63) is 70.1 Å². The van der Waals surface area contributed by atoms with Gasteiger partial charge in [-0.25, -0.2) is 8.42 Å². The highest BCUT2D eigenvalue weighted by atomic mass is 32.2. The van der Waals surface area contributed by atoms with Gasteiger partial charge >= 0.3 is 0 Å². The van der Waals surface area contributed by atoms with E-state index in [1.807, 2.05) is 24.3 Å². The molecule has 124 valence electrons. The molecule has 0 fully saturated rings. The summed E-state index contributed by atoms with van der Waals surface area (Å²) in [5.41, 5.74) is 2.63. The van der Waals surface area contributed by atoms with Crippen LogP contribution in [-0.2, 0) is 16.4 Å². The SMILES string of the molecule is CNC(=O)c1ccccc1NS(=O)(=O)C1=Cc2ccccc2CC1. The molecule has 0 atom stereocenters. The highest BCUT2D eigenvalue weighted by Gasteiger charge is 2.23. The van der Waals surface area contributed by atoms with Crippen molar-refractivity contribution >= 4 is 27.7 Å². The van der Waals surface area contributed by atoms with E-state index in [2.05, 4.69) is 10.0 Å². The fourth-order valence-corrected chi connectivity index (χ4v) is 3.98. The average molecular weight is 342 g/mol. The van der Waals surface area contributed by atoms with Gasteiger partial charge in [-0.3, -0.25) is 9.52 Å². The first-order valence-electron chi connectivity index (χ1n) is 7.63. The van der Waals surface area contributed by atoms with Crippen molar-refractivity contribution < 1.29 is 13.2 Å². The van der Waals surface area contributed by atoms with E-state index in [1.165, 1.54) is 7.05 Å². The first-order chi connectivity index (χ1) is 11.5. The predicted octanol–water partition coefficient (Wildman–Crippen LogP) is 2.78. The van der Waals surface area contributed by atoms with Crippen LogP contribution in [-0.4, -0.2) is 21.4 Å². The fourth-order valence-electron chi connectivity index (χ4n) is 2.73. The van der Waals surface area contributed by atoms with Gasteiger partial charge in [0.15, 0.2) is 0 Å². The number of carbonyl (C=O) groups excluding carboxylic acids is 1. The van der Waals surface area contributed by atoms with E-state index < -0.39 is 10.0 Å². The van der Waals surface area contributed by atoms with Crippen LogP contribution in [0.25, 0.3) is 6.08 Å². The predicted molar refractivity (Wildman–Crippen MR) is 95.1 cm³/mol. The maximum atomic E-state index is 12.7. The quantitative estimate of drug-likeness (QED) is 0.897. The number of allylic oxidation sites excluding steroid dienone is 1. The first kappa shape index (κ1) is 16.3. The normalized spacial score (nSPS) is 13.6. The molecule has 0 aliphatic heterocycles. The molecule has 6 heteroatoms. The Morgan fingerprint density at radius 1 is 1.00 bits per heavy atom. The molecule has 5 nitrogen and oxygen atoms in total. The molecule has 0 unspecified atom stereocenters. The van der Waals surface area contributed by atoms with Crippen LogP contribution in [0.4, 0.5) is 5.69 Å². The van der Waals surface area contributed by atoms with E-state index in [9.17, 15) is 13.2 Å². The van der Waals surface area contributed by atoms with Crippen LogP contribution in [0.3, 0.4) is 0 Å². The number of sulfonamides is 1. The molecule has 3 rings (SSSR count). The largest absolute Gasteiger partial charge is 0.355 e. The van der Waals surface area contributed by atoms with Crippen LogP contribution in [0, 0.1) is 0 Å². The van der Waals surface area contributed by atoms with E-state index in [0.29, 0.717) is 23.3 Å². The van der Waals surface area contributed by atoms with Gasteiger partial charge < -0.3 is 5.32 Å². The Bertz CT molecular complexity index is 917. The molecule has 1 aliphatic carbocycles. The topological polar surface area (TPSA) is 75.3 Å². The summed E-state index contributed by atoms with van der Waals surface area (Å²) in [6, 6.07) is 14.3. The highest BCUT2D eigenvalue weighted by Crippen LogP contribution is 2.28. The lowest BCUT2D eigenvalue weighted by Gasteiger charge is -2.18. The Morgan fingerprint density at radius 2 is 1.71 bits per heavy atom. The number of hydrogen-bond donors (Lipinski definition) is 2. The lowest BCUT2D eigenvalue weighted by atomic mass is 9.98. The zero-order valence-electron chi connectivity index (χ0n) is 13.2. The zero-order valence-corrected chi connectivity index (χ0v) is 14.1. The van der Waals surface area contributed by atoms with Crippen LogP contribution < -0.4 is 10.0 Å². The van der Waals surface area contributed by atoms with Gasteiger partial charge in [0.1, 0.15) is 0 Å². The van der Waals surface area contributed by atoms with Crippen LogP contribution in [0.2, 0.25) is 0 Å². The van der Waals surface area contributed by atoms with E-state index in [-0.39, 0.29) is 11.6 Å². The highest BCUT2D eigenvalue weighted by molar-refractivity contribution is 7.96. The van der Waals surface area contributed by atoms with E-state index in [0.717, 1.165) is 11.1 Å². The number of fused-ring (bicyclic) bond motifs is 1. The number of carbonyl (C=O) groups is 1. The summed E-state index contributed by atoms with van der Waals surface area (Å²) in [6.07, 6.45) is 2.82. The number of benzene rings is 2. The van der Waals surface area contributed by atoms with Crippen molar-refractivity contribution in [2.24, 2.45) is 0 Å². The molecule has 0 radical (unpaired) electrons. The number of anilines is 1. The van der Waals surface area contributed by atoms with Crippen molar-refractivity contribution in [2.75, 3.05) is 11.8 Å². The van der Waals surface area contributed by atoms with Crippen molar-refractivity contribution in [3.63, 3.8) is 0 Å². The fraction of sp³-hybridized carbons (Fsp3) is 0.167. The van der Waals surface area contributed by atoms with Gasteiger partial charge in [-0.05, 0) is 42.2 Å². The Morgan fingerprint density at radius 3 is 2.50 bits per heavy atom. The van der Waals surface area contributed by atoms with Gasteiger partial charge in [0.2, 0.25) is 0 Å². The summed E-state index contributed by atoms with van der Waals surface area (Å²) in [5.74, 6) is -0.337. The number of nitrogens with one attached hydrogen (secondary N) is 2. The molecule has 0 bridgehead atoms. The van der Waals surface area contributed by atoms with Crippen LogP contribution in [0.1, 0.15) is 27.9 Å². The average Bonchev–Trinajstić information content (AvgIpc) is 2.60. The molecule has 0 heterocycles. The third-order valence-electron chi connectivity index (χ3n) is 4.00. The minimum Gasteiger partial charge on any atom is -0.355 e. The molecule has 2 N–H and O–H groups in total.